The highest BCUT2D eigenvalue weighted by molar-refractivity contribution is 5.66. The van der Waals surface area contributed by atoms with Crippen LogP contribution in [0.15, 0.2) is 30.3 Å². The molecule has 92 valence electrons. The predicted molar refractivity (Wildman–Crippen MR) is 64.2 cm³/mol. The first-order chi connectivity index (χ1) is 8.06. The highest BCUT2D eigenvalue weighted by atomic mass is 16.6. The average molecular weight is 235 g/mol. The molecule has 0 aliphatic carbocycles. The normalized spacial score (nSPS) is 14.1. The van der Waals surface area contributed by atoms with E-state index in [1.54, 1.807) is 0 Å². The number of primary amides is 1. The van der Waals surface area contributed by atoms with Crippen molar-refractivity contribution < 1.29 is 14.3 Å². The van der Waals surface area contributed by atoms with Gasteiger partial charge in [0.15, 0.2) is 0 Å². The highest BCUT2D eigenvalue weighted by Gasteiger charge is 2.28. The Labute approximate surface area is 101 Å². The van der Waals surface area contributed by atoms with Gasteiger partial charge in [0.1, 0.15) is 12.4 Å². The van der Waals surface area contributed by atoms with Gasteiger partial charge in [-0.25, -0.2) is 4.79 Å². The van der Waals surface area contributed by atoms with E-state index in [9.17, 15) is 9.59 Å². The molecule has 0 aliphatic heterocycles. The van der Waals surface area contributed by atoms with E-state index in [2.05, 4.69) is 0 Å². The van der Waals surface area contributed by atoms with Crippen LogP contribution in [0.3, 0.4) is 0 Å². The van der Waals surface area contributed by atoms with Gasteiger partial charge in [-0.15, -0.1) is 0 Å². The SMILES string of the molecule is CC(C)C(C=O)C(OC(N)=O)c1ccccc1. The maximum Gasteiger partial charge on any atom is 0.405 e. The predicted octanol–water partition coefficient (Wildman–Crippen LogP) is 2.29. The van der Waals surface area contributed by atoms with Crippen molar-refractivity contribution in [2.45, 2.75) is 20.0 Å². The lowest BCUT2D eigenvalue weighted by molar-refractivity contribution is -0.116. The second-order valence-corrected chi connectivity index (χ2v) is 4.23. The lowest BCUT2D eigenvalue weighted by Crippen LogP contribution is -2.27. The summed E-state index contributed by atoms with van der Waals surface area (Å²) in [7, 11) is 0. The standard InChI is InChI=1S/C13H17NO3/c1-9(2)11(8-15)12(17-13(14)16)10-6-4-3-5-7-10/h3-9,11-12H,1-2H3,(H2,14,16). The summed E-state index contributed by atoms with van der Waals surface area (Å²) < 4.78 is 5.06. The summed E-state index contributed by atoms with van der Waals surface area (Å²) in [5, 5.41) is 0. The number of hydrogen-bond acceptors (Lipinski definition) is 3. The second-order valence-electron chi connectivity index (χ2n) is 4.23. The Bertz CT molecular complexity index is 376. The molecule has 0 fully saturated rings. The van der Waals surface area contributed by atoms with Gasteiger partial charge in [0, 0.05) is 0 Å². The molecular weight excluding hydrogens is 218 g/mol. The average Bonchev–Trinajstić information content (AvgIpc) is 2.29. The van der Waals surface area contributed by atoms with Crippen LogP contribution in [0.1, 0.15) is 25.5 Å². The first-order valence-electron chi connectivity index (χ1n) is 5.52. The molecular formula is C13H17NO3. The van der Waals surface area contributed by atoms with Crippen molar-refractivity contribution in [3.63, 3.8) is 0 Å². The van der Waals surface area contributed by atoms with Gasteiger partial charge in [0.2, 0.25) is 0 Å². The van der Waals surface area contributed by atoms with E-state index < -0.39 is 18.1 Å². The fourth-order valence-electron chi connectivity index (χ4n) is 1.71. The number of amides is 1. The molecule has 4 heteroatoms. The van der Waals surface area contributed by atoms with E-state index in [-0.39, 0.29) is 5.92 Å². The third-order valence-corrected chi connectivity index (χ3v) is 2.65. The molecule has 1 aromatic carbocycles. The van der Waals surface area contributed by atoms with Gasteiger partial charge < -0.3 is 15.3 Å². The number of ether oxygens (including phenoxy) is 1. The number of carbonyl (C=O) groups is 2. The largest absolute Gasteiger partial charge is 0.441 e. The van der Waals surface area contributed by atoms with Crippen LogP contribution in [0.4, 0.5) is 4.79 Å². The van der Waals surface area contributed by atoms with Crippen molar-refractivity contribution >= 4 is 12.4 Å². The fourth-order valence-corrected chi connectivity index (χ4v) is 1.71. The van der Waals surface area contributed by atoms with Gasteiger partial charge in [-0.1, -0.05) is 44.2 Å². The summed E-state index contributed by atoms with van der Waals surface area (Å²) in [6, 6.07) is 9.14. The van der Waals surface area contributed by atoms with Crippen LogP contribution in [0, 0.1) is 11.8 Å². The van der Waals surface area contributed by atoms with Crippen LogP contribution in [0.2, 0.25) is 0 Å². The van der Waals surface area contributed by atoms with Crippen LogP contribution in [0.5, 0.6) is 0 Å². The smallest absolute Gasteiger partial charge is 0.405 e. The minimum absolute atomic E-state index is 0.0667. The third-order valence-electron chi connectivity index (χ3n) is 2.65. The van der Waals surface area contributed by atoms with Crippen LogP contribution in [-0.2, 0) is 9.53 Å². The number of rotatable bonds is 5. The molecule has 4 nitrogen and oxygen atoms in total. The molecule has 2 N–H and O–H groups in total. The minimum Gasteiger partial charge on any atom is -0.441 e. The summed E-state index contributed by atoms with van der Waals surface area (Å²) >= 11 is 0. The zero-order valence-corrected chi connectivity index (χ0v) is 10.00. The molecule has 0 aromatic heterocycles. The molecule has 0 radical (unpaired) electrons. The van der Waals surface area contributed by atoms with Crippen LogP contribution >= 0.6 is 0 Å². The van der Waals surface area contributed by atoms with Crippen molar-refractivity contribution in [3.8, 4) is 0 Å². The van der Waals surface area contributed by atoms with Crippen molar-refractivity contribution in [2.24, 2.45) is 17.6 Å². The summed E-state index contributed by atoms with van der Waals surface area (Å²) in [6.45, 7) is 3.80. The van der Waals surface area contributed by atoms with Crippen LogP contribution in [-0.4, -0.2) is 12.4 Å². The van der Waals surface area contributed by atoms with Crippen molar-refractivity contribution in [2.75, 3.05) is 0 Å². The Morgan fingerprint density at radius 2 is 1.88 bits per heavy atom. The molecule has 1 rings (SSSR count). The van der Waals surface area contributed by atoms with Gasteiger partial charge in [-0.2, -0.15) is 0 Å². The Morgan fingerprint density at radius 3 is 2.29 bits per heavy atom. The molecule has 17 heavy (non-hydrogen) atoms. The summed E-state index contributed by atoms with van der Waals surface area (Å²) in [6.07, 6.45) is -0.678. The first-order valence-corrected chi connectivity index (χ1v) is 5.52. The number of nitrogens with two attached hydrogens (primary N) is 1. The maximum absolute atomic E-state index is 11.1. The summed E-state index contributed by atoms with van der Waals surface area (Å²) in [5.41, 5.74) is 5.82. The molecule has 1 amide bonds. The number of aldehydes is 1. The van der Waals surface area contributed by atoms with Gasteiger partial charge in [0.25, 0.3) is 0 Å². The third kappa shape index (κ3) is 3.59. The van der Waals surface area contributed by atoms with Gasteiger partial charge in [-0.3, -0.25) is 0 Å². The van der Waals surface area contributed by atoms with E-state index in [1.807, 2.05) is 44.2 Å². The minimum atomic E-state index is -0.869. The lowest BCUT2D eigenvalue weighted by Gasteiger charge is -2.25. The van der Waals surface area contributed by atoms with E-state index in [4.69, 9.17) is 10.5 Å². The highest BCUT2D eigenvalue weighted by Crippen LogP contribution is 2.29. The van der Waals surface area contributed by atoms with Crippen LogP contribution in [0.25, 0.3) is 0 Å². The quantitative estimate of drug-likeness (QED) is 0.796. The van der Waals surface area contributed by atoms with Gasteiger partial charge in [-0.05, 0) is 11.5 Å². The molecule has 2 atom stereocenters. The Morgan fingerprint density at radius 1 is 1.29 bits per heavy atom. The zero-order valence-electron chi connectivity index (χ0n) is 10.00. The van der Waals surface area contributed by atoms with E-state index >= 15 is 0 Å². The van der Waals surface area contributed by atoms with E-state index in [0.29, 0.717) is 0 Å². The molecule has 0 bridgehead atoms. The van der Waals surface area contributed by atoms with Crippen molar-refractivity contribution in [1.29, 1.82) is 0 Å². The topological polar surface area (TPSA) is 69.4 Å². The Hall–Kier alpha value is -1.84. The molecule has 0 spiro atoms. The number of carbonyl (C=O) groups excluding carboxylic acids is 2. The maximum atomic E-state index is 11.1. The van der Waals surface area contributed by atoms with Crippen LogP contribution < -0.4 is 5.73 Å². The molecule has 0 aliphatic rings. The summed E-state index contributed by atoms with van der Waals surface area (Å²) in [4.78, 5) is 22.0. The molecule has 0 saturated carbocycles. The Balaban J connectivity index is 3.02. The molecule has 1 aromatic rings. The molecule has 0 saturated heterocycles. The van der Waals surface area contributed by atoms with Gasteiger partial charge in [0.05, 0.1) is 5.92 Å². The second kappa shape index (κ2) is 6.03. The Kier molecular flexibility index (Phi) is 4.69. The molecule has 2 unspecified atom stereocenters. The number of hydrogen-bond donors (Lipinski definition) is 1. The van der Waals surface area contributed by atoms with E-state index in [1.165, 1.54) is 0 Å². The monoisotopic (exact) mass is 235 g/mol. The number of benzene rings is 1. The lowest BCUT2D eigenvalue weighted by atomic mass is 9.87. The summed E-state index contributed by atoms with van der Waals surface area (Å²) in [5.74, 6) is -0.332. The molecule has 0 heterocycles. The zero-order chi connectivity index (χ0) is 12.8. The fraction of sp³-hybridized carbons (Fsp3) is 0.385. The van der Waals surface area contributed by atoms with E-state index in [0.717, 1.165) is 11.8 Å². The van der Waals surface area contributed by atoms with Crippen molar-refractivity contribution in [1.82, 2.24) is 0 Å². The van der Waals surface area contributed by atoms with Crippen molar-refractivity contribution in [3.05, 3.63) is 35.9 Å². The van der Waals surface area contributed by atoms with Gasteiger partial charge >= 0.3 is 6.09 Å². The first kappa shape index (κ1) is 13.2.